The molecule has 8 heteroatoms. The zero-order valence-corrected chi connectivity index (χ0v) is 20.0. The second-order valence-electron chi connectivity index (χ2n) is 8.95. The van der Waals surface area contributed by atoms with Gasteiger partial charge in [0.2, 0.25) is 23.6 Å². The van der Waals surface area contributed by atoms with Gasteiger partial charge in [-0.15, -0.1) is 0 Å². The number of imide groups is 1. The van der Waals surface area contributed by atoms with Gasteiger partial charge in [-0.05, 0) is 43.4 Å². The molecule has 0 aromatic heterocycles. The molecule has 0 radical (unpaired) electrons. The molecule has 3 atom stereocenters. The fourth-order valence-corrected chi connectivity index (χ4v) is 4.65. The first-order valence-corrected chi connectivity index (χ1v) is 12.2. The van der Waals surface area contributed by atoms with E-state index < -0.39 is 6.04 Å². The topological polar surface area (TPSA) is 86.8 Å². The lowest BCUT2D eigenvalue weighted by Gasteiger charge is -2.31. The Morgan fingerprint density at radius 1 is 1.09 bits per heavy atom. The van der Waals surface area contributed by atoms with Crippen molar-refractivity contribution in [1.29, 1.82) is 0 Å². The number of hydrogen-bond donors (Lipinski definition) is 1. The van der Waals surface area contributed by atoms with E-state index in [1.54, 1.807) is 12.1 Å². The van der Waals surface area contributed by atoms with E-state index in [2.05, 4.69) is 5.32 Å². The van der Waals surface area contributed by atoms with Gasteiger partial charge in [-0.1, -0.05) is 44.6 Å². The van der Waals surface area contributed by atoms with Crippen LogP contribution < -0.4 is 5.32 Å². The Balaban J connectivity index is 1.72. The Bertz CT molecular complexity index is 904. The second-order valence-corrected chi connectivity index (χ2v) is 8.95. The van der Waals surface area contributed by atoms with Crippen LogP contribution in [0.15, 0.2) is 36.4 Å². The van der Waals surface area contributed by atoms with Gasteiger partial charge in [0.1, 0.15) is 11.9 Å². The summed E-state index contributed by atoms with van der Waals surface area (Å²) in [5.74, 6) is -2.06. The van der Waals surface area contributed by atoms with Crippen LogP contribution in [0.3, 0.4) is 0 Å². The van der Waals surface area contributed by atoms with Gasteiger partial charge < -0.3 is 10.2 Å². The lowest BCUT2D eigenvalue weighted by Crippen LogP contribution is -2.49. The molecule has 2 aliphatic rings. The van der Waals surface area contributed by atoms with E-state index in [1.165, 1.54) is 21.9 Å². The number of unbranched alkanes of at least 4 members (excludes halogenated alkanes) is 1. The minimum atomic E-state index is -0.703. The highest BCUT2D eigenvalue weighted by molar-refractivity contribution is 6.05. The van der Waals surface area contributed by atoms with Gasteiger partial charge in [0.15, 0.2) is 0 Å². The Morgan fingerprint density at radius 2 is 1.71 bits per heavy atom. The largest absolute Gasteiger partial charge is 0.354 e. The standard InChI is InChI=1S/C26H34FN3O4/c1-3-5-15-28-24(32)22(4-2)30(17-18-10-12-19(27)13-11-18)23(31)14-16-29-25(33)20-8-6-7-9-21(20)26(29)34/h6-7,10-13,20-22H,3-5,8-9,14-17H2,1-2H3,(H,28,32)/t20-,21+,22?. The van der Waals surface area contributed by atoms with Crippen LogP contribution in [0.5, 0.6) is 0 Å². The molecule has 1 saturated heterocycles. The van der Waals surface area contributed by atoms with Crippen molar-refractivity contribution in [3.63, 3.8) is 0 Å². The van der Waals surface area contributed by atoms with Crippen LogP contribution in [0.4, 0.5) is 4.39 Å². The highest BCUT2D eigenvalue weighted by atomic mass is 19.1. The van der Waals surface area contributed by atoms with Crippen LogP contribution in [-0.2, 0) is 25.7 Å². The van der Waals surface area contributed by atoms with Crippen LogP contribution in [0.2, 0.25) is 0 Å². The molecule has 4 amide bonds. The highest BCUT2D eigenvalue weighted by Gasteiger charge is 2.47. The molecule has 1 aliphatic carbocycles. The molecule has 0 spiro atoms. The molecule has 3 rings (SSSR count). The van der Waals surface area contributed by atoms with Crippen LogP contribution in [0.25, 0.3) is 0 Å². The molecule has 184 valence electrons. The molecule has 1 fully saturated rings. The SMILES string of the molecule is CCCCNC(=O)C(CC)N(Cc1ccc(F)cc1)C(=O)CCN1C(=O)[C@H]2CC=CC[C@H]2C1=O. The minimum Gasteiger partial charge on any atom is -0.354 e. The molecule has 1 aliphatic heterocycles. The number of benzene rings is 1. The summed E-state index contributed by atoms with van der Waals surface area (Å²) in [6.45, 7) is 4.52. The minimum absolute atomic E-state index is 0.00267. The molecule has 1 unspecified atom stereocenters. The van der Waals surface area contributed by atoms with Gasteiger partial charge in [0, 0.05) is 26.1 Å². The quantitative estimate of drug-likeness (QED) is 0.305. The number of likely N-dealkylation sites (tertiary alicyclic amines) is 1. The number of amides is 4. The molecule has 0 saturated carbocycles. The van der Waals surface area contributed by atoms with Gasteiger partial charge >= 0.3 is 0 Å². The maximum atomic E-state index is 13.4. The number of nitrogens with zero attached hydrogens (tertiary/aromatic N) is 2. The summed E-state index contributed by atoms with van der Waals surface area (Å²) in [7, 11) is 0. The fourth-order valence-electron chi connectivity index (χ4n) is 4.65. The molecule has 34 heavy (non-hydrogen) atoms. The summed E-state index contributed by atoms with van der Waals surface area (Å²) in [5, 5.41) is 2.89. The third kappa shape index (κ3) is 5.90. The van der Waals surface area contributed by atoms with Gasteiger partial charge in [-0.2, -0.15) is 0 Å². The van der Waals surface area contributed by atoms with Gasteiger partial charge in [0.05, 0.1) is 11.8 Å². The summed E-state index contributed by atoms with van der Waals surface area (Å²) in [5.41, 5.74) is 0.694. The first-order chi connectivity index (χ1) is 16.4. The zero-order valence-electron chi connectivity index (χ0n) is 20.0. The van der Waals surface area contributed by atoms with E-state index in [0.29, 0.717) is 31.4 Å². The van der Waals surface area contributed by atoms with Crippen LogP contribution in [-0.4, -0.2) is 52.6 Å². The van der Waals surface area contributed by atoms with Gasteiger partial charge in [-0.3, -0.25) is 24.1 Å². The number of rotatable bonds is 11. The van der Waals surface area contributed by atoms with Crippen molar-refractivity contribution in [1.82, 2.24) is 15.1 Å². The Kier molecular flexibility index (Phi) is 8.96. The maximum absolute atomic E-state index is 13.4. The Morgan fingerprint density at radius 3 is 2.26 bits per heavy atom. The van der Waals surface area contributed by atoms with Crippen LogP contribution in [0, 0.1) is 17.7 Å². The van der Waals surface area contributed by atoms with Crippen LogP contribution >= 0.6 is 0 Å². The van der Waals surface area contributed by atoms with Crippen LogP contribution in [0.1, 0.15) is 57.9 Å². The van der Waals surface area contributed by atoms with Crippen molar-refractivity contribution in [3.8, 4) is 0 Å². The molecule has 1 aromatic carbocycles. The van der Waals surface area contributed by atoms with Gasteiger partial charge in [-0.25, -0.2) is 4.39 Å². The van der Waals surface area contributed by atoms with Crippen molar-refractivity contribution >= 4 is 23.6 Å². The smallest absolute Gasteiger partial charge is 0.242 e. The molecule has 1 aromatic rings. The number of allylic oxidation sites excluding steroid dienone is 2. The number of hydrogen-bond acceptors (Lipinski definition) is 4. The van der Waals surface area contributed by atoms with E-state index in [-0.39, 0.29) is 60.8 Å². The molecule has 1 N–H and O–H groups in total. The average Bonchev–Trinajstić information content (AvgIpc) is 3.08. The number of carbonyl (C=O) groups is 4. The van der Waals surface area contributed by atoms with Crippen molar-refractivity contribution in [3.05, 3.63) is 47.8 Å². The number of nitrogens with one attached hydrogen (secondary N) is 1. The van der Waals surface area contributed by atoms with E-state index >= 15 is 0 Å². The van der Waals surface area contributed by atoms with E-state index in [1.807, 2.05) is 26.0 Å². The van der Waals surface area contributed by atoms with Crippen molar-refractivity contribution in [2.45, 2.75) is 65.0 Å². The molecule has 0 bridgehead atoms. The molecule has 7 nitrogen and oxygen atoms in total. The summed E-state index contributed by atoms with van der Waals surface area (Å²) in [6.07, 6.45) is 7.06. The van der Waals surface area contributed by atoms with Crippen molar-refractivity contribution < 1.29 is 23.6 Å². The fraction of sp³-hybridized carbons (Fsp3) is 0.538. The lowest BCUT2D eigenvalue weighted by atomic mass is 9.85. The van der Waals surface area contributed by atoms with E-state index in [0.717, 1.165) is 12.8 Å². The first kappa shape index (κ1) is 25.6. The number of halogens is 1. The van der Waals surface area contributed by atoms with Gasteiger partial charge in [0.25, 0.3) is 0 Å². The average molecular weight is 472 g/mol. The predicted octanol–water partition coefficient (Wildman–Crippen LogP) is 3.19. The van der Waals surface area contributed by atoms with E-state index in [9.17, 15) is 23.6 Å². The predicted molar refractivity (Wildman–Crippen MR) is 126 cm³/mol. The first-order valence-electron chi connectivity index (χ1n) is 12.2. The third-order valence-corrected chi connectivity index (χ3v) is 6.63. The summed E-state index contributed by atoms with van der Waals surface area (Å²) in [4.78, 5) is 54.4. The second kappa shape index (κ2) is 11.9. The highest BCUT2D eigenvalue weighted by Crippen LogP contribution is 2.35. The molecule has 1 heterocycles. The number of carbonyl (C=O) groups excluding carboxylic acids is 4. The zero-order chi connectivity index (χ0) is 24.7. The Hall–Kier alpha value is -3.03. The monoisotopic (exact) mass is 471 g/mol. The van der Waals surface area contributed by atoms with Crippen molar-refractivity contribution in [2.75, 3.05) is 13.1 Å². The lowest BCUT2D eigenvalue weighted by molar-refractivity contribution is -0.144. The summed E-state index contributed by atoms with van der Waals surface area (Å²) < 4.78 is 13.4. The maximum Gasteiger partial charge on any atom is 0.242 e. The number of fused-ring (bicyclic) bond motifs is 1. The summed E-state index contributed by atoms with van der Waals surface area (Å²) >= 11 is 0. The normalized spacial score (nSPS) is 20.3. The van der Waals surface area contributed by atoms with Crippen molar-refractivity contribution in [2.24, 2.45) is 11.8 Å². The Labute approximate surface area is 200 Å². The molecular weight excluding hydrogens is 437 g/mol. The third-order valence-electron chi connectivity index (χ3n) is 6.63. The van der Waals surface area contributed by atoms with E-state index in [4.69, 9.17) is 0 Å². The molecular formula is C26H34FN3O4. The summed E-state index contributed by atoms with van der Waals surface area (Å²) in [6, 6.07) is 5.10.